The van der Waals surface area contributed by atoms with Crippen molar-refractivity contribution in [2.75, 3.05) is 0 Å². The number of rotatable bonds is 3. The lowest BCUT2D eigenvalue weighted by Crippen LogP contribution is -2.07. The van der Waals surface area contributed by atoms with Crippen molar-refractivity contribution in [1.29, 1.82) is 0 Å². The number of aliphatic hydroxyl groups excluding tert-OH is 1. The van der Waals surface area contributed by atoms with Crippen LogP contribution in [0, 0.1) is 11.3 Å². The van der Waals surface area contributed by atoms with E-state index in [0.29, 0.717) is 5.82 Å². The first-order chi connectivity index (χ1) is 7.79. The molecule has 0 aliphatic heterocycles. The van der Waals surface area contributed by atoms with E-state index in [1.165, 1.54) is 0 Å². The van der Waals surface area contributed by atoms with E-state index in [9.17, 15) is 5.11 Å². The molecule has 17 heavy (non-hydrogen) atoms. The highest BCUT2D eigenvalue weighted by Crippen LogP contribution is 2.20. The van der Waals surface area contributed by atoms with E-state index in [4.69, 9.17) is 0 Å². The van der Waals surface area contributed by atoms with Crippen molar-refractivity contribution in [2.45, 2.75) is 40.7 Å². The maximum Gasteiger partial charge on any atom is 0.151 e. The van der Waals surface area contributed by atoms with Crippen LogP contribution in [0.4, 0.5) is 0 Å². The maximum atomic E-state index is 9.85. The normalized spacial score (nSPS) is 14.5. The van der Waals surface area contributed by atoms with E-state index in [1.807, 2.05) is 19.9 Å². The molecule has 1 atom stereocenters. The second-order valence-corrected chi connectivity index (χ2v) is 5.76. The van der Waals surface area contributed by atoms with Crippen molar-refractivity contribution < 1.29 is 5.11 Å². The van der Waals surface area contributed by atoms with Gasteiger partial charge in [-0.3, -0.25) is 0 Å². The van der Waals surface area contributed by atoms with E-state index in [0.717, 1.165) is 5.56 Å². The van der Waals surface area contributed by atoms with E-state index < -0.39 is 6.10 Å². The smallest absolute Gasteiger partial charge is 0.151 e. The third kappa shape index (κ3) is 4.65. The summed E-state index contributed by atoms with van der Waals surface area (Å²) in [4.78, 5) is 8.45. The zero-order chi connectivity index (χ0) is 13.1. The van der Waals surface area contributed by atoms with Gasteiger partial charge in [0.1, 0.15) is 0 Å². The van der Waals surface area contributed by atoms with Gasteiger partial charge in [0.2, 0.25) is 0 Å². The summed E-state index contributed by atoms with van der Waals surface area (Å²) >= 11 is 0. The van der Waals surface area contributed by atoms with Crippen molar-refractivity contribution >= 4 is 6.08 Å². The van der Waals surface area contributed by atoms with Crippen molar-refractivity contribution in [2.24, 2.45) is 11.3 Å². The summed E-state index contributed by atoms with van der Waals surface area (Å²) in [5.74, 6) is 0.856. The van der Waals surface area contributed by atoms with Crippen molar-refractivity contribution in [3.05, 3.63) is 29.9 Å². The molecule has 0 saturated heterocycles. The molecular formula is C14H22N2O. The van der Waals surface area contributed by atoms with Crippen LogP contribution in [0.1, 0.15) is 52.1 Å². The molecule has 0 bridgehead atoms. The van der Waals surface area contributed by atoms with Crippen LogP contribution in [0.15, 0.2) is 18.5 Å². The van der Waals surface area contributed by atoms with Crippen LogP contribution in [-0.4, -0.2) is 15.1 Å². The minimum Gasteiger partial charge on any atom is -0.388 e. The first-order valence-electron chi connectivity index (χ1n) is 5.99. The molecule has 0 amide bonds. The average molecular weight is 234 g/mol. The maximum absolute atomic E-state index is 9.85. The van der Waals surface area contributed by atoms with Gasteiger partial charge in [0.15, 0.2) is 5.82 Å². The van der Waals surface area contributed by atoms with Gasteiger partial charge in [0, 0.05) is 18.0 Å². The first-order valence-corrected chi connectivity index (χ1v) is 5.99. The summed E-state index contributed by atoms with van der Waals surface area (Å²) in [7, 11) is 0. The van der Waals surface area contributed by atoms with E-state index in [-0.39, 0.29) is 11.3 Å². The van der Waals surface area contributed by atoms with Gasteiger partial charge < -0.3 is 5.11 Å². The van der Waals surface area contributed by atoms with Gasteiger partial charge in [-0.15, -0.1) is 0 Å². The van der Waals surface area contributed by atoms with Gasteiger partial charge in [-0.2, -0.15) is 0 Å². The molecule has 0 aliphatic rings. The molecule has 0 unspecified atom stereocenters. The Morgan fingerprint density at radius 3 is 2.12 bits per heavy atom. The molecule has 0 spiro atoms. The second-order valence-electron chi connectivity index (χ2n) is 5.76. The molecular weight excluding hydrogens is 212 g/mol. The summed E-state index contributed by atoms with van der Waals surface area (Å²) < 4.78 is 0. The summed E-state index contributed by atoms with van der Waals surface area (Å²) in [5.41, 5.74) is 0.896. The van der Waals surface area contributed by atoms with Gasteiger partial charge in [-0.25, -0.2) is 9.97 Å². The molecule has 1 aromatic rings. The van der Waals surface area contributed by atoms with Crippen molar-refractivity contribution in [3.63, 3.8) is 0 Å². The van der Waals surface area contributed by atoms with Crippen LogP contribution >= 0.6 is 0 Å². The third-order valence-corrected chi connectivity index (χ3v) is 2.40. The van der Waals surface area contributed by atoms with Gasteiger partial charge in [0.05, 0.1) is 6.10 Å². The average Bonchev–Trinajstić information content (AvgIpc) is 2.25. The number of hydrogen-bond donors (Lipinski definition) is 1. The number of aromatic nitrogens is 2. The lowest BCUT2D eigenvalue weighted by molar-refractivity contribution is 0.126. The molecule has 3 heteroatoms. The molecule has 1 rings (SSSR count). The molecule has 0 saturated carbocycles. The number of aliphatic hydroxyl groups is 1. The molecule has 0 radical (unpaired) electrons. The summed E-state index contributed by atoms with van der Waals surface area (Å²) in [6.07, 6.45) is 6.88. The summed E-state index contributed by atoms with van der Waals surface area (Å²) in [6.45, 7) is 10.3. The lowest BCUT2D eigenvalue weighted by Gasteiger charge is -2.14. The van der Waals surface area contributed by atoms with Gasteiger partial charge in [-0.05, 0) is 17.4 Å². The minimum absolute atomic E-state index is 0.124. The molecule has 1 N–H and O–H groups in total. The fourth-order valence-corrected chi connectivity index (χ4v) is 1.30. The first kappa shape index (κ1) is 13.8. The Hall–Kier alpha value is -1.22. The van der Waals surface area contributed by atoms with Crippen molar-refractivity contribution in [3.8, 4) is 0 Å². The van der Waals surface area contributed by atoms with E-state index >= 15 is 0 Å². The van der Waals surface area contributed by atoms with Crippen LogP contribution in [-0.2, 0) is 0 Å². The summed E-state index contributed by atoms with van der Waals surface area (Å²) in [6, 6.07) is 0. The Labute approximate surface area is 104 Å². The standard InChI is InChI=1S/C14H22N2O/c1-10(2)13(17)11-8-15-12(16-9-11)6-7-14(3,4)5/h6-10,13,17H,1-5H3/b7-6-/t13-/m0/s1. The zero-order valence-electron chi connectivity index (χ0n) is 11.3. The fourth-order valence-electron chi connectivity index (χ4n) is 1.30. The van der Waals surface area contributed by atoms with Crippen LogP contribution in [0.25, 0.3) is 6.08 Å². The predicted molar refractivity (Wildman–Crippen MR) is 70.3 cm³/mol. The molecule has 0 fully saturated rings. The molecule has 94 valence electrons. The van der Waals surface area contributed by atoms with Crippen molar-refractivity contribution in [1.82, 2.24) is 9.97 Å². The number of hydrogen-bond acceptors (Lipinski definition) is 3. The Kier molecular flexibility index (Phi) is 4.40. The highest BCUT2D eigenvalue weighted by Gasteiger charge is 2.12. The Morgan fingerprint density at radius 1 is 1.18 bits per heavy atom. The molecule has 1 aromatic heterocycles. The monoisotopic (exact) mass is 234 g/mol. The largest absolute Gasteiger partial charge is 0.388 e. The lowest BCUT2D eigenvalue weighted by atomic mass is 9.96. The Bertz CT molecular complexity index is 374. The van der Waals surface area contributed by atoms with Crippen LogP contribution in [0.3, 0.4) is 0 Å². The topological polar surface area (TPSA) is 46.0 Å². The second kappa shape index (κ2) is 5.41. The van der Waals surface area contributed by atoms with Gasteiger partial charge in [0.25, 0.3) is 0 Å². The Balaban J connectivity index is 2.79. The SMILES string of the molecule is CC(C)[C@H](O)c1cnc(/C=C\C(C)(C)C)nc1. The fraction of sp³-hybridized carbons (Fsp3) is 0.571. The quantitative estimate of drug-likeness (QED) is 0.873. The van der Waals surface area contributed by atoms with Crippen LogP contribution in [0.2, 0.25) is 0 Å². The highest BCUT2D eigenvalue weighted by atomic mass is 16.3. The van der Waals surface area contributed by atoms with E-state index in [2.05, 4.69) is 36.8 Å². The summed E-state index contributed by atoms with van der Waals surface area (Å²) in [5, 5.41) is 9.85. The van der Waals surface area contributed by atoms with E-state index in [1.54, 1.807) is 12.4 Å². The number of nitrogens with zero attached hydrogens (tertiary/aromatic N) is 2. The minimum atomic E-state index is -0.490. The molecule has 0 aromatic carbocycles. The highest BCUT2D eigenvalue weighted by molar-refractivity contribution is 5.40. The Morgan fingerprint density at radius 2 is 1.71 bits per heavy atom. The van der Waals surface area contributed by atoms with Gasteiger partial charge in [-0.1, -0.05) is 40.7 Å². The predicted octanol–water partition coefficient (Wildman–Crippen LogP) is 3.23. The number of allylic oxidation sites excluding steroid dienone is 1. The van der Waals surface area contributed by atoms with Gasteiger partial charge >= 0.3 is 0 Å². The third-order valence-electron chi connectivity index (χ3n) is 2.40. The van der Waals surface area contributed by atoms with Crippen LogP contribution in [0.5, 0.6) is 0 Å². The van der Waals surface area contributed by atoms with Crippen LogP contribution < -0.4 is 0 Å². The molecule has 3 nitrogen and oxygen atoms in total. The zero-order valence-corrected chi connectivity index (χ0v) is 11.3. The molecule has 1 heterocycles. The molecule has 0 aliphatic carbocycles.